The minimum atomic E-state index is -0.448. The Morgan fingerprint density at radius 2 is 2.08 bits per heavy atom. The third-order valence-electron chi connectivity index (χ3n) is 2.11. The zero-order valence-corrected chi connectivity index (χ0v) is 7.94. The van der Waals surface area contributed by atoms with Crippen molar-refractivity contribution in [2.75, 3.05) is 26.2 Å². The fraction of sp³-hybridized carbons (Fsp3) is 0.875. The van der Waals surface area contributed by atoms with Crippen LogP contribution in [0.2, 0.25) is 0 Å². The van der Waals surface area contributed by atoms with Gasteiger partial charge in [0.05, 0.1) is 0 Å². The Kier molecular flexibility index (Phi) is 4.40. The molecule has 1 amide bonds. The highest BCUT2D eigenvalue weighted by molar-refractivity contribution is 6.62. The molecule has 1 saturated heterocycles. The molecule has 0 aromatic carbocycles. The molecule has 4 heteroatoms. The highest BCUT2D eigenvalue weighted by Crippen LogP contribution is 2.06. The van der Waals surface area contributed by atoms with Gasteiger partial charge in [0.25, 0.3) is 0 Å². The van der Waals surface area contributed by atoms with Crippen LogP contribution in [0, 0.1) is 0 Å². The average Bonchev–Trinajstić information content (AvgIpc) is 2.49. The number of carbonyl (C=O) groups excluding carboxylic acids is 1. The number of nitrogens with one attached hydrogen (secondary N) is 1. The Morgan fingerprint density at radius 1 is 1.42 bits per heavy atom. The van der Waals surface area contributed by atoms with Crippen molar-refractivity contribution in [3.8, 4) is 0 Å². The van der Waals surface area contributed by atoms with E-state index < -0.39 is 5.37 Å². The van der Waals surface area contributed by atoms with Crippen LogP contribution in [0.4, 0.5) is 4.79 Å². The number of halogens is 1. The van der Waals surface area contributed by atoms with E-state index in [0.717, 1.165) is 13.0 Å². The molecule has 0 aliphatic carbocycles. The van der Waals surface area contributed by atoms with E-state index in [2.05, 4.69) is 10.2 Å². The van der Waals surface area contributed by atoms with E-state index in [1.165, 1.54) is 25.9 Å². The topological polar surface area (TPSA) is 32.3 Å². The molecule has 3 nitrogen and oxygen atoms in total. The number of carbonyl (C=O) groups is 1. The van der Waals surface area contributed by atoms with Gasteiger partial charge in [-0.05, 0) is 50.5 Å². The predicted molar refractivity (Wildman–Crippen MR) is 49.5 cm³/mol. The maximum atomic E-state index is 10.3. The fourth-order valence-corrected chi connectivity index (χ4v) is 1.59. The van der Waals surface area contributed by atoms with E-state index in [1.54, 1.807) is 0 Å². The van der Waals surface area contributed by atoms with Gasteiger partial charge in [-0.2, -0.15) is 0 Å². The van der Waals surface area contributed by atoms with E-state index in [1.807, 2.05) is 0 Å². The molecule has 1 N–H and O–H groups in total. The van der Waals surface area contributed by atoms with E-state index in [9.17, 15) is 4.79 Å². The van der Waals surface area contributed by atoms with Crippen LogP contribution >= 0.6 is 11.6 Å². The van der Waals surface area contributed by atoms with Crippen molar-refractivity contribution in [3.63, 3.8) is 0 Å². The van der Waals surface area contributed by atoms with Gasteiger partial charge in [-0.3, -0.25) is 4.79 Å². The SMILES string of the molecule is O=C(Cl)NCCCN1CCCC1. The van der Waals surface area contributed by atoms with Crippen LogP contribution in [-0.2, 0) is 0 Å². The Hall–Kier alpha value is -0.280. The normalized spacial score (nSPS) is 18.1. The first-order chi connectivity index (χ1) is 5.79. The fourth-order valence-electron chi connectivity index (χ4n) is 1.50. The smallest absolute Gasteiger partial charge is 0.313 e. The molecule has 1 aliphatic heterocycles. The first-order valence-corrected chi connectivity index (χ1v) is 4.82. The molecule has 12 heavy (non-hydrogen) atoms. The average molecular weight is 191 g/mol. The van der Waals surface area contributed by atoms with Crippen LogP contribution in [-0.4, -0.2) is 36.4 Å². The number of likely N-dealkylation sites (tertiary alicyclic amines) is 1. The molecule has 0 unspecified atom stereocenters. The summed E-state index contributed by atoms with van der Waals surface area (Å²) in [6.07, 6.45) is 3.64. The second kappa shape index (κ2) is 5.38. The van der Waals surface area contributed by atoms with Crippen LogP contribution < -0.4 is 5.32 Å². The molecule has 0 aromatic heterocycles. The largest absolute Gasteiger partial charge is 0.343 e. The first-order valence-electron chi connectivity index (χ1n) is 4.45. The monoisotopic (exact) mass is 190 g/mol. The van der Waals surface area contributed by atoms with E-state index in [0.29, 0.717) is 6.54 Å². The van der Waals surface area contributed by atoms with Crippen LogP contribution in [0.5, 0.6) is 0 Å². The second-order valence-electron chi connectivity index (χ2n) is 3.10. The Morgan fingerprint density at radius 3 is 2.67 bits per heavy atom. The molecular formula is C8H15ClN2O. The molecule has 0 spiro atoms. The third-order valence-corrected chi connectivity index (χ3v) is 2.25. The van der Waals surface area contributed by atoms with Crippen molar-refractivity contribution in [2.24, 2.45) is 0 Å². The number of amides is 1. The summed E-state index contributed by atoms with van der Waals surface area (Å²) >= 11 is 5.11. The van der Waals surface area contributed by atoms with Gasteiger partial charge in [0.2, 0.25) is 0 Å². The molecule has 0 atom stereocenters. The summed E-state index contributed by atoms with van der Waals surface area (Å²) in [5.74, 6) is 0. The summed E-state index contributed by atoms with van der Waals surface area (Å²) in [5.41, 5.74) is 0. The van der Waals surface area contributed by atoms with Crippen LogP contribution in [0.3, 0.4) is 0 Å². The zero-order chi connectivity index (χ0) is 8.81. The molecule has 1 fully saturated rings. The van der Waals surface area contributed by atoms with Gasteiger partial charge in [0.15, 0.2) is 0 Å². The van der Waals surface area contributed by atoms with Crippen molar-refractivity contribution in [3.05, 3.63) is 0 Å². The van der Waals surface area contributed by atoms with Crippen molar-refractivity contribution >= 4 is 17.0 Å². The maximum Gasteiger partial charge on any atom is 0.313 e. The van der Waals surface area contributed by atoms with Gasteiger partial charge in [0, 0.05) is 6.54 Å². The summed E-state index contributed by atoms with van der Waals surface area (Å²) in [6.45, 7) is 4.21. The van der Waals surface area contributed by atoms with Gasteiger partial charge in [0.1, 0.15) is 0 Å². The molecule has 0 radical (unpaired) electrons. The van der Waals surface area contributed by atoms with Gasteiger partial charge >= 0.3 is 5.37 Å². The lowest BCUT2D eigenvalue weighted by molar-refractivity contribution is 0.258. The molecule has 0 bridgehead atoms. The van der Waals surface area contributed by atoms with Crippen LogP contribution in [0.25, 0.3) is 0 Å². The van der Waals surface area contributed by atoms with Gasteiger partial charge < -0.3 is 10.2 Å². The van der Waals surface area contributed by atoms with Crippen molar-refractivity contribution < 1.29 is 4.79 Å². The summed E-state index contributed by atoms with van der Waals surface area (Å²) in [5, 5.41) is 2.12. The molecule has 70 valence electrons. The Balaban J connectivity index is 1.91. The summed E-state index contributed by atoms with van der Waals surface area (Å²) in [4.78, 5) is 12.7. The standard InChI is InChI=1S/C8H15ClN2O/c9-8(12)10-4-3-7-11-5-1-2-6-11/h1-7H2,(H,10,12). The molecular weight excluding hydrogens is 176 g/mol. The number of rotatable bonds is 4. The summed E-state index contributed by atoms with van der Waals surface area (Å²) in [7, 11) is 0. The zero-order valence-electron chi connectivity index (χ0n) is 7.18. The lowest BCUT2D eigenvalue weighted by atomic mass is 10.4. The maximum absolute atomic E-state index is 10.3. The molecule has 1 heterocycles. The van der Waals surface area contributed by atoms with Crippen LogP contribution in [0.15, 0.2) is 0 Å². The van der Waals surface area contributed by atoms with Crippen molar-refractivity contribution in [1.29, 1.82) is 0 Å². The summed E-state index contributed by atoms with van der Waals surface area (Å²) in [6, 6.07) is 0. The van der Waals surface area contributed by atoms with E-state index in [-0.39, 0.29) is 0 Å². The van der Waals surface area contributed by atoms with Gasteiger partial charge in [-0.1, -0.05) is 0 Å². The molecule has 0 aromatic rings. The lowest BCUT2D eigenvalue weighted by Crippen LogP contribution is -2.25. The number of hydrogen-bond donors (Lipinski definition) is 1. The predicted octanol–water partition coefficient (Wildman–Crippen LogP) is 1.42. The quantitative estimate of drug-likeness (QED) is 0.413. The number of nitrogens with zero attached hydrogens (tertiary/aromatic N) is 1. The third kappa shape index (κ3) is 3.93. The van der Waals surface area contributed by atoms with Crippen molar-refractivity contribution in [2.45, 2.75) is 19.3 Å². The van der Waals surface area contributed by atoms with E-state index >= 15 is 0 Å². The van der Waals surface area contributed by atoms with E-state index in [4.69, 9.17) is 11.6 Å². The molecule has 1 rings (SSSR count). The highest BCUT2D eigenvalue weighted by Gasteiger charge is 2.09. The Bertz CT molecular complexity index is 146. The Labute approximate surface area is 78.1 Å². The van der Waals surface area contributed by atoms with Gasteiger partial charge in [-0.15, -0.1) is 0 Å². The van der Waals surface area contributed by atoms with Crippen LogP contribution in [0.1, 0.15) is 19.3 Å². The summed E-state index contributed by atoms with van der Waals surface area (Å²) < 4.78 is 0. The van der Waals surface area contributed by atoms with Crippen molar-refractivity contribution in [1.82, 2.24) is 10.2 Å². The first kappa shape index (κ1) is 9.81. The molecule has 0 saturated carbocycles. The van der Waals surface area contributed by atoms with Gasteiger partial charge in [-0.25, -0.2) is 0 Å². The molecule has 1 aliphatic rings. The minimum absolute atomic E-state index is 0.448. The second-order valence-corrected chi connectivity index (χ2v) is 3.45. The minimum Gasteiger partial charge on any atom is -0.343 e. The number of hydrogen-bond acceptors (Lipinski definition) is 2. The lowest BCUT2D eigenvalue weighted by Gasteiger charge is -2.13. The highest BCUT2D eigenvalue weighted by atomic mass is 35.5.